The van der Waals surface area contributed by atoms with Crippen LogP contribution in [0.3, 0.4) is 0 Å². The molecule has 0 aromatic carbocycles. The highest BCUT2D eigenvalue weighted by atomic mass is 32.2. The van der Waals surface area contributed by atoms with Gasteiger partial charge in [-0.05, 0) is 24.1 Å². The third-order valence-electron chi connectivity index (χ3n) is 2.48. The van der Waals surface area contributed by atoms with E-state index in [2.05, 4.69) is 15.2 Å². The Labute approximate surface area is 104 Å². The maximum atomic E-state index is 5.54. The fraction of sp³-hybridized carbons (Fsp3) is 0.364. The maximum Gasteiger partial charge on any atom is 0.190 e. The normalized spacial score (nSPS) is 10.7. The summed E-state index contributed by atoms with van der Waals surface area (Å²) >= 11 is 1.69. The zero-order valence-electron chi connectivity index (χ0n) is 9.71. The van der Waals surface area contributed by atoms with Crippen LogP contribution in [-0.2, 0) is 20.0 Å². The molecule has 6 heteroatoms. The third kappa shape index (κ3) is 3.04. The summed E-state index contributed by atoms with van der Waals surface area (Å²) in [4.78, 5) is 3.99. The number of aromatic nitrogens is 4. The Morgan fingerprint density at radius 2 is 2.06 bits per heavy atom. The lowest BCUT2D eigenvalue weighted by molar-refractivity contribution is 0.734. The minimum absolute atomic E-state index is 0.425. The van der Waals surface area contributed by atoms with E-state index in [1.807, 2.05) is 36.1 Å². The molecule has 0 bridgehead atoms. The Balaban J connectivity index is 1.88. The van der Waals surface area contributed by atoms with Gasteiger partial charge in [0.1, 0.15) is 5.82 Å². The van der Waals surface area contributed by atoms with Gasteiger partial charge in [-0.1, -0.05) is 11.8 Å². The lowest BCUT2D eigenvalue weighted by atomic mass is 10.2. The zero-order chi connectivity index (χ0) is 12.1. The van der Waals surface area contributed by atoms with E-state index in [9.17, 15) is 0 Å². The van der Waals surface area contributed by atoms with Gasteiger partial charge in [0.2, 0.25) is 0 Å². The van der Waals surface area contributed by atoms with Crippen LogP contribution in [0.4, 0.5) is 0 Å². The van der Waals surface area contributed by atoms with Crippen molar-refractivity contribution in [3.05, 3.63) is 35.9 Å². The van der Waals surface area contributed by atoms with Gasteiger partial charge in [0.05, 0.1) is 6.54 Å². The van der Waals surface area contributed by atoms with E-state index in [1.165, 1.54) is 5.56 Å². The molecule has 0 spiro atoms. The second-order valence-corrected chi connectivity index (χ2v) is 4.68. The minimum Gasteiger partial charge on any atom is -0.324 e. The standard InChI is InChI=1S/C11H15N5S/c1-16-10(8-12)14-15-11(16)17-7-4-9-2-5-13-6-3-9/h2-3,5-6H,4,7-8,12H2,1H3. The molecule has 0 saturated heterocycles. The number of pyridine rings is 1. The molecule has 0 unspecified atom stereocenters. The summed E-state index contributed by atoms with van der Waals surface area (Å²) in [5, 5.41) is 9.03. The van der Waals surface area contributed by atoms with E-state index >= 15 is 0 Å². The Hall–Kier alpha value is -1.40. The van der Waals surface area contributed by atoms with Crippen molar-refractivity contribution in [1.29, 1.82) is 0 Å². The summed E-state index contributed by atoms with van der Waals surface area (Å²) in [5.74, 6) is 1.79. The number of rotatable bonds is 5. The number of thioether (sulfide) groups is 1. The first-order valence-electron chi connectivity index (χ1n) is 5.41. The lowest BCUT2D eigenvalue weighted by Crippen LogP contribution is -2.05. The number of hydrogen-bond donors (Lipinski definition) is 1. The highest BCUT2D eigenvalue weighted by Gasteiger charge is 2.07. The molecule has 0 aliphatic carbocycles. The number of aryl methyl sites for hydroxylation is 1. The molecule has 2 aromatic rings. The quantitative estimate of drug-likeness (QED) is 0.801. The van der Waals surface area contributed by atoms with Gasteiger partial charge in [0.15, 0.2) is 5.16 Å². The topological polar surface area (TPSA) is 69.6 Å². The molecular formula is C11H15N5S. The van der Waals surface area contributed by atoms with Crippen LogP contribution in [0.1, 0.15) is 11.4 Å². The van der Waals surface area contributed by atoms with Crippen LogP contribution in [-0.4, -0.2) is 25.5 Å². The van der Waals surface area contributed by atoms with Gasteiger partial charge in [0.25, 0.3) is 0 Å². The van der Waals surface area contributed by atoms with Crippen LogP contribution < -0.4 is 5.73 Å². The van der Waals surface area contributed by atoms with Crippen molar-refractivity contribution in [3.8, 4) is 0 Å². The van der Waals surface area contributed by atoms with Crippen LogP contribution in [0.25, 0.3) is 0 Å². The predicted molar refractivity (Wildman–Crippen MR) is 67.6 cm³/mol. The van der Waals surface area contributed by atoms with Gasteiger partial charge in [-0.3, -0.25) is 4.98 Å². The van der Waals surface area contributed by atoms with Crippen LogP contribution in [0, 0.1) is 0 Å². The van der Waals surface area contributed by atoms with Gasteiger partial charge in [-0.15, -0.1) is 10.2 Å². The van der Waals surface area contributed by atoms with E-state index in [1.54, 1.807) is 11.8 Å². The smallest absolute Gasteiger partial charge is 0.190 e. The molecule has 2 N–H and O–H groups in total. The summed E-state index contributed by atoms with van der Waals surface area (Å²) in [7, 11) is 1.94. The molecule has 5 nitrogen and oxygen atoms in total. The molecule has 17 heavy (non-hydrogen) atoms. The SMILES string of the molecule is Cn1c(CN)nnc1SCCc1ccncc1. The fourth-order valence-electron chi connectivity index (χ4n) is 1.46. The summed E-state index contributed by atoms with van der Waals surface area (Å²) in [6.45, 7) is 0.425. The highest BCUT2D eigenvalue weighted by molar-refractivity contribution is 7.99. The molecule has 2 rings (SSSR count). The fourth-order valence-corrected chi connectivity index (χ4v) is 2.38. The summed E-state index contributed by atoms with van der Waals surface area (Å²) < 4.78 is 1.94. The largest absolute Gasteiger partial charge is 0.324 e. The zero-order valence-corrected chi connectivity index (χ0v) is 10.5. The molecule has 0 radical (unpaired) electrons. The van der Waals surface area contributed by atoms with Crippen molar-refractivity contribution in [1.82, 2.24) is 19.7 Å². The van der Waals surface area contributed by atoms with Gasteiger partial charge < -0.3 is 10.3 Å². The first kappa shape index (κ1) is 12.1. The Bertz CT molecular complexity index is 468. The molecule has 0 saturated carbocycles. The van der Waals surface area contributed by atoms with Crippen molar-refractivity contribution < 1.29 is 0 Å². The first-order valence-corrected chi connectivity index (χ1v) is 6.40. The Morgan fingerprint density at radius 3 is 2.71 bits per heavy atom. The molecular weight excluding hydrogens is 234 g/mol. The third-order valence-corrected chi connectivity index (χ3v) is 3.50. The maximum absolute atomic E-state index is 5.54. The Morgan fingerprint density at radius 1 is 1.29 bits per heavy atom. The molecule has 2 aromatic heterocycles. The summed E-state index contributed by atoms with van der Waals surface area (Å²) in [6.07, 6.45) is 4.63. The van der Waals surface area contributed by atoms with Crippen molar-refractivity contribution in [2.75, 3.05) is 5.75 Å². The predicted octanol–water partition coefficient (Wildman–Crippen LogP) is 1.00. The van der Waals surface area contributed by atoms with Crippen LogP contribution in [0.15, 0.2) is 29.7 Å². The first-order chi connectivity index (χ1) is 8.31. The van der Waals surface area contributed by atoms with E-state index < -0.39 is 0 Å². The van der Waals surface area contributed by atoms with E-state index in [-0.39, 0.29) is 0 Å². The number of hydrogen-bond acceptors (Lipinski definition) is 5. The average molecular weight is 249 g/mol. The van der Waals surface area contributed by atoms with E-state index in [0.29, 0.717) is 6.54 Å². The molecule has 90 valence electrons. The minimum atomic E-state index is 0.425. The number of nitrogens with zero attached hydrogens (tertiary/aromatic N) is 4. The van der Waals surface area contributed by atoms with Crippen LogP contribution in [0.5, 0.6) is 0 Å². The van der Waals surface area contributed by atoms with E-state index in [4.69, 9.17) is 5.73 Å². The molecule has 0 atom stereocenters. The second kappa shape index (κ2) is 5.79. The molecule has 0 fully saturated rings. The van der Waals surface area contributed by atoms with Crippen molar-refractivity contribution >= 4 is 11.8 Å². The Kier molecular flexibility index (Phi) is 4.11. The van der Waals surface area contributed by atoms with Crippen molar-refractivity contribution in [2.45, 2.75) is 18.1 Å². The molecule has 0 aliphatic heterocycles. The average Bonchev–Trinajstić information content (AvgIpc) is 2.72. The van der Waals surface area contributed by atoms with Crippen molar-refractivity contribution in [2.24, 2.45) is 12.8 Å². The lowest BCUT2D eigenvalue weighted by Gasteiger charge is -2.02. The number of nitrogens with two attached hydrogens (primary N) is 1. The van der Waals surface area contributed by atoms with Crippen molar-refractivity contribution in [3.63, 3.8) is 0 Å². The highest BCUT2D eigenvalue weighted by Crippen LogP contribution is 2.16. The summed E-state index contributed by atoms with van der Waals surface area (Å²) in [5.41, 5.74) is 6.83. The van der Waals surface area contributed by atoms with Gasteiger partial charge >= 0.3 is 0 Å². The van der Waals surface area contributed by atoms with Gasteiger partial charge in [-0.2, -0.15) is 0 Å². The molecule has 0 aliphatic rings. The van der Waals surface area contributed by atoms with Gasteiger partial charge in [0, 0.05) is 25.2 Å². The summed E-state index contributed by atoms with van der Waals surface area (Å²) in [6, 6.07) is 4.06. The molecule has 0 amide bonds. The molecule has 2 heterocycles. The van der Waals surface area contributed by atoms with Crippen LogP contribution >= 0.6 is 11.8 Å². The van der Waals surface area contributed by atoms with Crippen LogP contribution in [0.2, 0.25) is 0 Å². The second-order valence-electron chi connectivity index (χ2n) is 3.62. The van der Waals surface area contributed by atoms with Gasteiger partial charge in [-0.25, -0.2) is 0 Å². The van der Waals surface area contributed by atoms with E-state index in [0.717, 1.165) is 23.2 Å². The monoisotopic (exact) mass is 249 g/mol.